The number of thioether (sulfide) groups is 1. The van der Waals surface area contributed by atoms with Crippen molar-refractivity contribution in [3.63, 3.8) is 0 Å². The molecule has 0 aromatic rings. The lowest BCUT2D eigenvalue weighted by Crippen LogP contribution is -1.83. The van der Waals surface area contributed by atoms with Crippen LogP contribution < -0.4 is 0 Å². The van der Waals surface area contributed by atoms with Gasteiger partial charge in [0.2, 0.25) is 0 Å². The minimum absolute atomic E-state index is 0.269. The third kappa shape index (κ3) is 4.66. The first-order chi connectivity index (χ1) is 2.91. The van der Waals surface area contributed by atoms with Gasteiger partial charge in [0, 0.05) is 10.8 Å². The fourth-order valence-electron chi connectivity index (χ4n) is 0.129. The summed E-state index contributed by atoms with van der Waals surface area (Å²) in [7, 11) is 0. The summed E-state index contributed by atoms with van der Waals surface area (Å²) in [4.78, 5) is 0. The molecular formula is C3H8OS2. The van der Waals surface area contributed by atoms with Crippen molar-refractivity contribution in [3.8, 4) is 0 Å². The van der Waals surface area contributed by atoms with Gasteiger partial charge in [-0.2, -0.15) is 12.6 Å². The van der Waals surface area contributed by atoms with Crippen molar-refractivity contribution in [2.75, 3.05) is 17.4 Å². The average Bonchev–Trinajstić information content (AvgIpc) is 1.61. The Kier molecular flexibility index (Phi) is 6.28. The fourth-order valence-corrected chi connectivity index (χ4v) is 0.775. The first-order valence-corrected chi connectivity index (χ1v) is 3.50. The molecule has 0 unspecified atom stereocenters. The molecule has 0 radical (unpaired) electrons. The van der Waals surface area contributed by atoms with Gasteiger partial charge in [-0.15, -0.1) is 11.8 Å². The molecule has 3 heteroatoms. The zero-order chi connectivity index (χ0) is 4.83. The van der Waals surface area contributed by atoms with Crippen molar-refractivity contribution in [2.45, 2.75) is 0 Å². The summed E-state index contributed by atoms with van der Waals surface area (Å²) in [6, 6.07) is 0. The Bertz CT molecular complexity index is 20.8. The van der Waals surface area contributed by atoms with Crippen LogP contribution in [0.2, 0.25) is 0 Å². The van der Waals surface area contributed by atoms with Gasteiger partial charge in [0.05, 0.1) is 6.61 Å². The van der Waals surface area contributed by atoms with Crippen molar-refractivity contribution >= 4 is 24.4 Å². The second-order valence-electron chi connectivity index (χ2n) is 0.761. The summed E-state index contributed by atoms with van der Waals surface area (Å²) in [6.45, 7) is 0.269. The molecule has 1 N–H and O–H groups in total. The maximum Gasteiger partial charge on any atom is 0.0522 e. The molecule has 0 bridgehead atoms. The number of rotatable bonds is 3. The number of hydrogen-bond donors (Lipinski definition) is 2. The molecule has 0 aliphatic carbocycles. The molecule has 0 atom stereocenters. The van der Waals surface area contributed by atoms with E-state index >= 15 is 0 Å². The zero-order valence-electron chi connectivity index (χ0n) is 3.42. The summed E-state index contributed by atoms with van der Waals surface area (Å²) in [6.07, 6.45) is 0. The lowest BCUT2D eigenvalue weighted by molar-refractivity contribution is 0.322. The fraction of sp³-hybridized carbons (Fsp3) is 1.00. The Balaban J connectivity index is 2.34. The zero-order valence-corrected chi connectivity index (χ0v) is 5.13. The summed E-state index contributed by atoms with van der Waals surface area (Å²) in [5, 5.41) is 8.95. The highest BCUT2D eigenvalue weighted by Crippen LogP contribution is 1.98. The summed E-state index contributed by atoms with van der Waals surface area (Å²) < 4.78 is 0. The molecule has 0 heterocycles. The SMILES string of the molecule is OCCSCS. The predicted octanol–water partition coefficient (Wildman–Crippen LogP) is 0.599. The molecule has 0 aliphatic heterocycles. The van der Waals surface area contributed by atoms with Gasteiger partial charge in [0.15, 0.2) is 0 Å². The van der Waals surface area contributed by atoms with Gasteiger partial charge in [-0.1, -0.05) is 0 Å². The van der Waals surface area contributed by atoms with Crippen molar-refractivity contribution in [1.82, 2.24) is 0 Å². The van der Waals surface area contributed by atoms with Gasteiger partial charge in [-0.3, -0.25) is 0 Å². The highest BCUT2D eigenvalue weighted by atomic mass is 32.2. The summed E-state index contributed by atoms with van der Waals surface area (Å²) in [5.74, 6) is 0.809. The standard InChI is InChI=1S/C3H8OS2/c4-1-2-6-3-5/h4-5H,1-3H2. The van der Waals surface area contributed by atoms with E-state index in [2.05, 4.69) is 12.6 Å². The highest BCUT2D eigenvalue weighted by Gasteiger charge is 1.76. The van der Waals surface area contributed by atoms with E-state index in [1.54, 1.807) is 11.8 Å². The van der Waals surface area contributed by atoms with Crippen molar-refractivity contribution in [1.29, 1.82) is 0 Å². The van der Waals surface area contributed by atoms with Crippen molar-refractivity contribution < 1.29 is 5.11 Å². The van der Waals surface area contributed by atoms with Gasteiger partial charge in [-0.25, -0.2) is 0 Å². The van der Waals surface area contributed by atoms with Crippen LogP contribution in [0.4, 0.5) is 0 Å². The third-order valence-corrected chi connectivity index (χ3v) is 1.53. The number of aliphatic hydroxyl groups is 1. The van der Waals surface area contributed by atoms with E-state index in [4.69, 9.17) is 5.11 Å². The quantitative estimate of drug-likeness (QED) is 0.326. The van der Waals surface area contributed by atoms with Gasteiger partial charge in [0.25, 0.3) is 0 Å². The van der Waals surface area contributed by atoms with Crippen molar-refractivity contribution in [3.05, 3.63) is 0 Å². The molecule has 0 aromatic heterocycles. The Labute approximate surface area is 47.5 Å². The summed E-state index contributed by atoms with van der Waals surface area (Å²) in [5.41, 5.74) is 0. The lowest BCUT2D eigenvalue weighted by atomic mass is 10.9. The molecule has 0 aromatic carbocycles. The molecular weight excluding hydrogens is 116 g/mol. The highest BCUT2D eigenvalue weighted by molar-refractivity contribution is 8.09. The van der Waals surface area contributed by atoms with Gasteiger partial charge in [-0.05, 0) is 0 Å². The topological polar surface area (TPSA) is 20.2 Å². The maximum absolute atomic E-state index is 8.14. The van der Waals surface area contributed by atoms with Crippen LogP contribution in [0.3, 0.4) is 0 Å². The molecule has 0 spiro atoms. The Morgan fingerprint density at radius 2 is 2.33 bits per heavy atom. The second kappa shape index (κ2) is 5.66. The van der Waals surface area contributed by atoms with E-state index in [0.717, 1.165) is 10.8 Å². The first kappa shape index (κ1) is 6.66. The monoisotopic (exact) mass is 124 g/mol. The van der Waals surface area contributed by atoms with Crippen LogP contribution >= 0.6 is 24.4 Å². The molecule has 0 saturated carbocycles. The van der Waals surface area contributed by atoms with Gasteiger partial charge < -0.3 is 5.11 Å². The van der Waals surface area contributed by atoms with E-state index in [1.807, 2.05) is 0 Å². The first-order valence-electron chi connectivity index (χ1n) is 1.71. The van der Waals surface area contributed by atoms with Crippen LogP contribution in [0.15, 0.2) is 0 Å². The van der Waals surface area contributed by atoms with Gasteiger partial charge >= 0.3 is 0 Å². The van der Waals surface area contributed by atoms with E-state index in [9.17, 15) is 0 Å². The third-order valence-electron chi connectivity index (χ3n) is 0.327. The van der Waals surface area contributed by atoms with E-state index in [0.29, 0.717) is 0 Å². The van der Waals surface area contributed by atoms with Crippen LogP contribution in [0.25, 0.3) is 0 Å². The Hall–Kier alpha value is 0.660. The van der Waals surface area contributed by atoms with Crippen LogP contribution in [-0.4, -0.2) is 22.6 Å². The van der Waals surface area contributed by atoms with E-state index in [-0.39, 0.29) is 6.61 Å². The van der Waals surface area contributed by atoms with E-state index < -0.39 is 0 Å². The van der Waals surface area contributed by atoms with Crippen LogP contribution in [-0.2, 0) is 0 Å². The molecule has 0 saturated heterocycles. The maximum atomic E-state index is 8.14. The van der Waals surface area contributed by atoms with Crippen LogP contribution in [0, 0.1) is 0 Å². The second-order valence-corrected chi connectivity index (χ2v) is 2.61. The molecule has 0 fully saturated rings. The van der Waals surface area contributed by atoms with Crippen molar-refractivity contribution in [2.24, 2.45) is 0 Å². The number of thiol groups is 1. The van der Waals surface area contributed by atoms with Crippen LogP contribution in [0.1, 0.15) is 0 Å². The molecule has 38 valence electrons. The molecule has 0 rings (SSSR count). The average molecular weight is 124 g/mol. The molecule has 1 nitrogen and oxygen atoms in total. The Morgan fingerprint density at radius 1 is 1.67 bits per heavy atom. The smallest absolute Gasteiger partial charge is 0.0522 e. The normalized spacial score (nSPS) is 9.00. The Morgan fingerprint density at radius 3 is 2.50 bits per heavy atom. The molecule has 6 heavy (non-hydrogen) atoms. The number of hydrogen-bond acceptors (Lipinski definition) is 3. The molecule has 0 aliphatic rings. The largest absolute Gasteiger partial charge is 0.396 e. The predicted molar refractivity (Wildman–Crippen MR) is 33.4 cm³/mol. The van der Waals surface area contributed by atoms with Gasteiger partial charge in [0.1, 0.15) is 0 Å². The van der Waals surface area contributed by atoms with Crippen LogP contribution in [0.5, 0.6) is 0 Å². The molecule has 0 amide bonds. The lowest BCUT2D eigenvalue weighted by Gasteiger charge is -1.86. The van der Waals surface area contributed by atoms with E-state index in [1.165, 1.54) is 0 Å². The minimum atomic E-state index is 0.269. The minimum Gasteiger partial charge on any atom is -0.396 e. The number of aliphatic hydroxyl groups excluding tert-OH is 1. The summed E-state index contributed by atoms with van der Waals surface area (Å²) >= 11 is 5.53.